The Hall–Kier alpha value is -3.25. The van der Waals surface area contributed by atoms with Crippen molar-refractivity contribution in [2.24, 2.45) is 0 Å². The lowest BCUT2D eigenvalue weighted by Crippen LogP contribution is -2.25. The largest absolute Gasteiger partial charge is 0.496 e. The maximum absolute atomic E-state index is 12.1. The standard InChI is InChI=1S/C23H24ClN3O3/c1-17-3-7-21(8-4-17)30-16-19-13-18(5-9-22(19)29-2)6-10-23(28)25-11-12-27-15-20(24)14-26-27/h3-10,13-15H,11-12,16H2,1-2H3,(H,25,28)/b10-6+. The lowest BCUT2D eigenvalue weighted by molar-refractivity contribution is -0.116. The van der Waals surface area contributed by atoms with E-state index in [0.717, 1.165) is 22.6 Å². The van der Waals surface area contributed by atoms with Crippen LogP contribution in [0.3, 0.4) is 0 Å². The number of hydrogen-bond donors (Lipinski definition) is 1. The number of benzene rings is 2. The Labute approximate surface area is 181 Å². The number of halogens is 1. The highest BCUT2D eigenvalue weighted by atomic mass is 35.5. The first-order valence-corrected chi connectivity index (χ1v) is 9.91. The first-order valence-electron chi connectivity index (χ1n) is 9.54. The number of nitrogens with one attached hydrogen (secondary N) is 1. The highest BCUT2D eigenvalue weighted by molar-refractivity contribution is 6.30. The molecule has 0 saturated carbocycles. The van der Waals surface area contributed by atoms with Gasteiger partial charge in [0.15, 0.2) is 0 Å². The monoisotopic (exact) mass is 425 g/mol. The zero-order valence-electron chi connectivity index (χ0n) is 17.0. The van der Waals surface area contributed by atoms with Gasteiger partial charge in [0.2, 0.25) is 5.91 Å². The molecule has 30 heavy (non-hydrogen) atoms. The number of nitrogens with zero attached hydrogens (tertiary/aromatic N) is 2. The van der Waals surface area contributed by atoms with E-state index in [1.807, 2.05) is 49.4 Å². The summed E-state index contributed by atoms with van der Waals surface area (Å²) in [6.45, 7) is 3.41. The fraction of sp³-hybridized carbons (Fsp3) is 0.217. The Morgan fingerprint density at radius 3 is 2.73 bits per heavy atom. The number of aromatic nitrogens is 2. The summed E-state index contributed by atoms with van der Waals surface area (Å²) in [5.41, 5.74) is 2.96. The molecule has 0 unspecified atom stereocenters. The Kier molecular flexibility index (Phi) is 7.51. The number of ether oxygens (including phenoxy) is 2. The molecule has 0 aliphatic carbocycles. The second-order valence-corrected chi connectivity index (χ2v) is 7.16. The molecule has 1 aromatic heterocycles. The second-order valence-electron chi connectivity index (χ2n) is 6.72. The van der Waals surface area contributed by atoms with Gasteiger partial charge in [0.05, 0.1) is 24.9 Å². The van der Waals surface area contributed by atoms with Gasteiger partial charge < -0.3 is 14.8 Å². The molecular weight excluding hydrogens is 402 g/mol. The molecule has 1 N–H and O–H groups in total. The molecule has 0 saturated heterocycles. The fourth-order valence-corrected chi connectivity index (χ4v) is 2.95. The molecular formula is C23H24ClN3O3. The number of rotatable bonds is 9. The van der Waals surface area contributed by atoms with Gasteiger partial charge in [0, 0.05) is 24.4 Å². The number of carbonyl (C=O) groups excluding carboxylic acids is 1. The van der Waals surface area contributed by atoms with Gasteiger partial charge in [0.25, 0.3) is 0 Å². The molecule has 0 atom stereocenters. The summed E-state index contributed by atoms with van der Waals surface area (Å²) >= 11 is 5.82. The zero-order valence-corrected chi connectivity index (χ0v) is 17.7. The van der Waals surface area contributed by atoms with Crippen LogP contribution in [0.1, 0.15) is 16.7 Å². The minimum absolute atomic E-state index is 0.179. The summed E-state index contributed by atoms with van der Waals surface area (Å²) < 4.78 is 13.0. The van der Waals surface area contributed by atoms with Gasteiger partial charge in [-0.2, -0.15) is 5.10 Å². The van der Waals surface area contributed by atoms with Crippen molar-refractivity contribution in [1.82, 2.24) is 15.1 Å². The molecule has 156 valence electrons. The van der Waals surface area contributed by atoms with Crippen LogP contribution in [-0.2, 0) is 17.9 Å². The van der Waals surface area contributed by atoms with Crippen molar-refractivity contribution in [2.75, 3.05) is 13.7 Å². The predicted molar refractivity (Wildman–Crippen MR) is 118 cm³/mol. The molecule has 0 radical (unpaired) electrons. The third-order valence-electron chi connectivity index (χ3n) is 4.39. The third kappa shape index (κ3) is 6.39. The van der Waals surface area contributed by atoms with E-state index >= 15 is 0 Å². The Balaban J connectivity index is 1.56. The predicted octanol–water partition coefficient (Wildman–Crippen LogP) is 4.26. The molecule has 7 heteroatoms. The van der Waals surface area contributed by atoms with Gasteiger partial charge in [-0.1, -0.05) is 35.4 Å². The molecule has 2 aromatic carbocycles. The maximum atomic E-state index is 12.1. The molecule has 3 aromatic rings. The lowest BCUT2D eigenvalue weighted by atomic mass is 10.1. The number of carbonyl (C=O) groups is 1. The Morgan fingerprint density at radius 2 is 2.03 bits per heavy atom. The molecule has 3 rings (SSSR count). The molecule has 0 aliphatic heterocycles. The van der Waals surface area contributed by atoms with Crippen LogP contribution in [0.15, 0.2) is 60.9 Å². The third-order valence-corrected chi connectivity index (χ3v) is 4.58. The molecule has 1 amide bonds. The minimum atomic E-state index is -0.179. The van der Waals surface area contributed by atoms with Gasteiger partial charge in [-0.25, -0.2) is 0 Å². The number of hydrogen-bond acceptors (Lipinski definition) is 4. The summed E-state index contributed by atoms with van der Waals surface area (Å²) in [6, 6.07) is 13.6. The van der Waals surface area contributed by atoms with E-state index < -0.39 is 0 Å². The van der Waals surface area contributed by atoms with Gasteiger partial charge in [-0.3, -0.25) is 9.48 Å². The van der Waals surface area contributed by atoms with Crippen LogP contribution in [0.4, 0.5) is 0 Å². The molecule has 6 nitrogen and oxygen atoms in total. The van der Waals surface area contributed by atoms with Crippen molar-refractivity contribution in [3.8, 4) is 11.5 Å². The number of amides is 1. The number of methoxy groups -OCH3 is 1. The van der Waals surface area contributed by atoms with E-state index in [4.69, 9.17) is 21.1 Å². The van der Waals surface area contributed by atoms with Gasteiger partial charge in [-0.05, 0) is 42.8 Å². The van der Waals surface area contributed by atoms with Crippen LogP contribution in [0.5, 0.6) is 11.5 Å². The van der Waals surface area contributed by atoms with E-state index in [-0.39, 0.29) is 5.91 Å². The first-order chi connectivity index (χ1) is 14.5. The smallest absolute Gasteiger partial charge is 0.244 e. The minimum Gasteiger partial charge on any atom is -0.496 e. The topological polar surface area (TPSA) is 65.4 Å². The van der Waals surface area contributed by atoms with Crippen LogP contribution in [0.25, 0.3) is 6.08 Å². The van der Waals surface area contributed by atoms with E-state index in [1.165, 1.54) is 11.6 Å². The molecule has 0 bridgehead atoms. The van der Waals surface area contributed by atoms with Crippen LogP contribution in [0, 0.1) is 6.92 Å². The van der Waals surface area contributed by atoms with Crippen LogP contribution >= 0.6 is 11.6 Å². The van der Waals surface area contributed by atoms with Crippen molar-refractivity contribution >= 4 is 23.6 Å². The molecule has 0 fully saturated rings. The van der Waals surface area contributed by atoms with Crippen LogP contribution in [0.2, 0.25) is 5.02 Å². The average molecular weight is 426 g/mol. The Bertz CT molecular complexity index is 1010. The number of aryl methyl sites for hydroxylation is 1. The second kappa shape index (κ2) is 10.5. The van der Waals surface area contributed by atoms with Crippen molar-refractivity contribution in [2.45, 2.75) is 20.1 Å². The van der Waals surface area contributed by atoms with Gasteiger partial charge in [-0.15, -0.1) is 0 Å². The molecule has 0 spiro atoms. The van der Waals surface area contributed by atoms with Crippen molar-refractivity contribution in [3.05, 3.63) is 82.6 Å². The van der Waals surface area contributed by atoms with E-state index in [2.05, 4.69) is 10.4 Å². The van der Waals surface area contributed by atoms with Gasteiger partial charge >= 0.3 is 0 Å². The molecule has 1 heterocycles. The summed E-state index contributed by atoms with van der Waals surface area (Å²) in [5.74, 6) is 1.35. The van der Waals surface area contributed by atoms with Crippen molar-refractivity contribution in [3.63, 3.8) is 0 Å². The van der Waals surface area contributed by atoms with Crippen molar-refractivity contribution < 1.29 is 14.3 Å². The summed E-state index contributed by atoms with van der Waals surface area (Å²) in [4.78, 5) is 12.1. The zero-order chi connectivity index (χ0) is 21.3. The van der Waals surface area contributed by atoms with Crippen LogP contribution < -0.4 is 14.8 Å². The van der Waals surface area contributed by atoms with Crippen molar-refractivity contribution in [1.29, 1.82) is 0 Å². The maximum Gasteiger partial charge on any atom is 0.244 e. The van der Waals surface area contributed by atoms with E-state index in [1.54, 1.807) is 30.3 Å². The van der Waals surface area contributed by atoms with Gasteiger partial charge in [0.1, 0.15) is 18.1 Å². The summed E-state index contributed by atoms with van der Waals surface area (Å²) in [7, 11) is 1.63. The average Bonchev–Trinajstić information content (AvgIpc) is 3.17. The quantitative estimate of drug-likeness (QED) is 0.520. The SMILES string of the molecule is COc1ccc(/C=C/C(=O)NCCn2cc(Cl)cn2)cc1COc1ccc(C)cc1. The fourth-order valence-electron chi connectivity index (χ4n) is 2.80. The molecule has 0 aliphatic rings. The van der Waals surface area contributed by atoms with Crippen LogP contribution in [-0.4, -0.2) is 29.3 Å². The Morgan fingerprint density at radius 1 is 1.23 bits per heavy atom. The summed E-state index contributed by atoms with van der Waals surface area (Å²) in [5, 5.41) is 7.46. The van der Waals surface area contributed by atoms with E-state index in [0.29, 0.717) is 24.7 Å². The first kappa shape index (κ1) is 21.5. The lowest BCUT2D eigenvalue weighted by Gasteiger charge is -2.11. The highest BCUT2D eigenvalue weighted by Gasteiger charge is 2.06. The normalized spacial score (nSPS) is 10.9. The van der Waals surface area contributed by atoms with E-state index in [9.17, 15) is 4.79 Å². The highest BCUT2D eigenvalue weighted by Crippen LogP contribution is 2.23. The summed E-state index contributed by atoms with van der Waals surface area (Å²) in [6.07, 6.45) is 6.53.